The van der Waals surface area contributed by atoms with Crippen LogP contribution in [0.1, 0.15) is 40.0 Å². The second-order valence-corrected chi connectivity index (χ2v) is 6.01. The van der Waals surface area contributed by atoms with E-state index < -0.39 is 0 Å². The Hall–Kier alpha value is -0.120. The Bertz CT molecular complexity index is 186. The fourth-order valence-corrected chi connectivity index (χ4v) is 2.20. The molecule has 0 aromatic carbocycles. The minimum Gasteiger partial charge on any atom is -0.314 e. The Kier molecular flexibility index (Phi) is 5.73. The topological polar surface area (TPSA) is 27.3 Å². The molecule has 1 fully saturated rings. The van der Waals surface area contributed by atoms with Crippen molar-refractivity contribution in [3.05, 3.63) is 0 Å². The summed E-state index contributed by atoms with van der Waals surface area (Å²) in [5, 5.41) is 7.05. The van der Waals surface area contributed by atoms with Gasteiger partial charge in [-0.3, -0.25) is 0 Å². The van der Waals surface area contributed by atoms with Crippen LogP contribution < -0.4 is 10.6 Å². The number of hydrogen-bond acceptors (Lipinski definition) is 3. The average molecular weight is 227 g/mol. The van der Waals surface area contributed by atoms with Gasteiger partial charge in [0.2, 0.25) is 0 Å². The number of likely N-dealkylation sites (tertiary alicyclic amines) is 1. The van der Waals surface area contributed by atoms with Crippen LogP contribution in [0.5, 0.6) is 0 Å². The maximum Gasteiger partial charge on any atom is 0.0217 e. The first kappa shape index (κ1) is 13.9. The lowest BCUT2D eigenvalue weighted by atomic mass is 10.0. The largest absolute Gasteiger partial charge is 0.314 e. The molecule has 0 aliphatic carbocycles. The highest BCUT2D eigenvalue weighted by molar-refractivity contribution is 4.77. The first-order valence-corrected chi connectivity index (χ1v) is 6.65. The molecule has 1 aliphatic rings. The molecule has 0 amide bonds. The minimum atomic E-state index is 0.239. The lowest BCUT2D eigenvalue weighted by molar-refractivity contribution is 0.181. The molecular formula is C13H29N3. The summed E-state index contributed by atoms with van der Waals surface area (Å²) in [6.07, 6.45) is 4.13. The highest BCUT2D eigenvalue weighted by Crippen LogP contribution is 2.13. The summed E-state index contributed by atoms with van der Waals surface area (Å²) in [6.45, 7) is 11.2. The number of hydrogen-bond donors (Lipinski definition) is 2. The van der Waals surface area contributed by atoms with Crippen LogP contribution in [0.3, 0.4) is 0 Å². The predicted molar refractivity (Wildman–Crippen MR) is 70.9 cm³/mol. The Morgan fingerprint density at radius 3 is 2.56 bits per heavy atom. The van der Waals surface area contributed by atoms with Crippen LogP contribution in [0.15, 0.2) is 0 Å². The van der Waals surface area contributed by atoms with Gasteiger partial charge in [-0.25, -0.2) is 0 Å². The quantitative estimate of drug-likeness (QED) is 0.696. The zero-order valence-electron chi connectivity index (χ0n) is 11.5. The average Bonchev–Trinajstić information content (AvgIpc) is 2.18. The number of rotatable bonds is 5. The Morgan fingerprint density at radius 1 is 1.19 bits per heavy atom. The predicted octanol–water partition coefficient (Wildman–Crippen LogP) is 1.45. The van der Waals surface area contributed by atoms with Crippen molar-refractivity contribution in [1.82, 2.24) is 15.5 Å². The van der Waals surface area contributed by atoms with Crippen molar-refractivity contribution in [3.8, 4) is 0 Å². The molecule has 0 saturated carbocycles. The molecule has 1 saturated heterocycles. The SMILES string of the molecule is CN1CCCCC1CNCCNC(C)(C)C. The molecule has 1 heterocycles. The lowest BCUT2D eigenvalue weighted by Gasteiger charge is -2.32. The lowest BCUT2D eigenvalue weighted by Crippen LogP contribution is -2.45. The Balaban J connectivity index is 2.02. The number of piperidine rings is 1. The second kappa shape index (κ2) is 6.58. The normalized spacial score (nSPS) is 23.6. The van der Waals surface area contributed by atoms with Crippen molar-refractivity contribution in [2.75, 3.05) is 33.2 Å². The van der Waals surface area contributed by atoms with Crippen molar-refractivity contribution in [1.29, 1.82) is 0 Å². The number of nitrogens with one attached hydrogen (secondary N) is 2. The summed E-state index contributed by atoms with van der Waals surface area (Å²) < 4.78 is 0. The maximum atomic E-state index is 3.55. The molecule has 2 N–H and O–H groups in total. The van der Waals surface area contributed by atoms with Crippen LogP contribution in [0.25, 0.3) is 0 Å². The standard InChI is InChI=1S/C13H29N3/c1-13(2,3)15-9-8-14-11-12-7-5-6-10-16(12)4/h12,14-15H,5-11H2,1-4H3. The molecular weight excluding hydrogens is 198 g/mol. The van der Waals surface area contributed by atoms with Crippen LogP contribution in [0.4, 0.5) is 0 Å². The third-order valence-corrected chi connectivity index (χ3v) is 3.26. The summed E-state index contributed by atoms with van der Waals surface area (Å²) in [7, 11) is 2.25. The Labute approximate surface area is 101 Å². The van der Waals surface area contributed by atoms with Gasteiger partial charge in [0, 0.05) is 31.2 Å². The van der Waals surface area contributed by atoms with Gasteiger partial charge in [0.15, 0.2) is 0 Å². The molecule has 1 rings (SSSR count). The minimum absolute atomic E-state index is 0.239. The van der Waals surface area contributed by atoms with Gasteiger partial charge in [0.25, 0.3) is 0 Å². The van der Waals surface area contributed by atoms with Gasteiger partial charge in [-0.1, -0.05) is 6.42 Å². The molecule has 1 unspecified atom stereocenters. The van der Waals surface area contributed by atoms with Crippen LogP contribution >= 0.6 is 0 Å². The fourth-order valence-electron chi connectivity index (χ4n) is 2.20. The molecule has 1 aliphatic heterocycles. The van der Waals surface area contributed by atoms with Crippen molar-refractivity contribution in [3.63, 3.8) is 0 Å². The molecule has 16 heavy (non-hydrogen) atoms. The van der Waals surface area contributed by atoms with E-state index in [0.29, 0.717) is 0 Å². The summed E-state index contributed by atoms with van der Waals surface area (Å²) in [4.78, 5) is 2.49. The first-order chi connectivity index (χ1) is 7.49. The van der Waals surface area contributed by atoms with E-state index in [9.17, 15) is 0 Å². The van der Waals surface area contributed by atoms with Gasteiger partial charge < -0.3 is 15.5 Å². The van der Waals surface area contributed by atoms with E-state index in [4.69, 9.17) is 0 Å². The molecule has 0 bridgehead atoms. The molecule has 0 aromatic rings. The Morgan fingerprint density at radius 2 is 1.94 bits per heavy atom. The fraction of sp³-hybridized carbons (Fsp3) is 1.00. The summed E-state index contributed by atoms with van der Waals surface area (Å²) >= 11 is 0. The van der Waals surface area contributed by atoms with E-state index in [0.717, 1.165) is 25.7 Å². The van der Waals surface area contributed by atoms with E-state index >= 15 is 0 Å². The van der Waals surface area contributed by atoms with E-state index in [2.05, 4.69) is 43.4 Å². The maximum absolute atomic E-state index is 3.55. The van der Waals surface area contributed by atoms with Crippen LogP contribution in [-0.2, 0) is 0 Å². The third kappa shape index (κ3) is 5.83. The van der Waals surface area contributed by atoms with Crippen molar-refractivity contribution in [2.24, 2.45) is 0 Å². The van der Waals surface area contributed by atoms with E-state index in [1.54, 1.807) is 0 Å². The number of likely N-dealkylation sites (N-methyl/N-ethyl adjacent to an activating group) is 1. The second-order valence-electron chi connectivity index (χ2n) is 6.01. The third-order valence-electron chi connectivity index (χ3n) is 3.26. The van der Waals surface area contributed by atoms with Gasteiger partial charge in [-0.2, -0.15) is 0 Å². The van der Waals surface area contributed by atoms with Gasteiger partial charge >= 0.3 is 0 Å². The van der Waals surface area contributed by atoms with E-state index in [1.807, 2.05) is 0 Å². The van der Waals surface area contributed by atoms with Gasteiger partial charge in [-0.15, -0.1) is 0 Å². The summed E-state index contributed by atoms with van der Waals surface area (Å²) in [5.74, 6) is 0. The zero-order valence-corrected chi connectivity index (χ0v) is 11.5. The highest BCUT2D eigenvalue weighted by atomic mass is 15.2. The first-order valence-electron chi connectivity index (χ1n) is 6.65. The molecule has 0 spiro atoms. The van der Waals surface area contributed by atoms with Crippen molar-refractivity contribution < 1.29 is 0 Å². The molecule has 0 radical (unpaired) electrons. The number of nitrogens with zero attached hydrogens (tertiary/aromatic N) is 1. The summed E-state index contributed by atoms with van der Waals surface area (Å²) in [6, 6.07) is 0.753. The van der Waals surface area contributed by atoms with Gasteiger partial charge in [-0.05, 0) is 47.2 Å². The smallest absolute Gasteiger partial charge is 0.0217 e. The van der Waals surface area contributed by atoms with Crippen molar-refractivity contribution in [2.45, 2.75) is 51.6 Å². The van der Waals surface area contributed by atoms with E-state index in [-0.39, 0.29) is 5.54 Å². The molecule has 96 valence electrons. The molecule has 1 atom stereocenters. The van der Waals surface area contributed by atoms with Crippen LogP contribution in [0, 0.1) is 0 Å². The molecule has 0 aromatic heterocycles. The summed E-state index contributed by atoms with van der Waals surface area (Å²) in [5.41, 5.74) is 0.239. The van der Waals surface area contributed by atoms with Crippen LogP contribution in [-0.4, -0.2) is 49.7 Å². The van der Waals surface area contributed by atoms with Gasteiger partial charge in [0.1, 0.15) is 0 Å². The molecule has 3 nitrogen and oxygen atoms in total. The van der Waals surface area contributed by atoms with E-state index in [1.165, 1.54) is 25.8 Å². The van der Waals surface area contributed by atoms with Crippen molar-refractivity contribution >= 4 is 0 Å². The highest BCUT2D eigenvalue weighted by Gasteiger charge is 2.17. The van der Waals surface area contributed by atoms with Gasteiger partial charge in [0.05, 0.1) is 0 Å². The van der Waals surface area contributed by atoms with Crippen LogP contribution in [0.2, 0.25) is 0 Å². The monoisotopic (exact) mass is 227 g/mol. The zero-order chi connectivity index (χ0) is 12.0. The molecule has 3 heteroatoms.